The van der Waals surface area contributed by atoms with Gasteiger partial charge in [0.15, 0.2) is 0 Å². The third-order valence-corrected chi connectivity index (χ3v) is 5.60. The molecular formula is C21H20N4O3S. The lowest BCUT2D eigenvalue weighted by Gasteiger charge is -2.16. The van der Waals surface area contributed by atoms with Crippen molar-refractivity contribution >= 4 is 35.0 Å². The highest BCUT2D eigenvalue weighted by Gasteiger charge is 2.21. The second kappa shape index (κ2) is 8.48. The Balaban J connectivity index is 1.43. The van der Waals surface area contributed by atoms with Gasteiger partial charge >= 0.3 is 0 Å². The van der Waals surface area contributed by atoms with Gasteiger partial charge in [-0.05, 0) is 49.7 Å². The van der Waals surface area contributed by atoms with E-state index in [1.54, 1.807) is 35.4 Å². The number of rotatable bonds is 6. The third-order valence-electron chi connectivity index (χ3n) is 4.56. The Morgan fingerprint density at radius 3 is 2.79 bits per heavy atom. The summed E-state index contributed by atoms with van der Waals surface area (Å²) in [7, 11) is 0. The highest BCUT2D eigenvalue weighted by Crippen LogP contribution is 2.26. The van der Waals surface area contributed by atoms with Gasteiger partial charge in [0.25, 0.3) is 5.91 Å². The van der Waals surface area contributed by atoms with E-state index in [-0.39, 0.29) is 11.8 Å². The summed E-state index contributed by atoms with van der Waals surface area (Å²) in [5.41, 5.74) is 2.82. The number of carbonyl (C=O) groups is 2. The Hall–Kier alpha value is -3.13. The lowest BCUT2D eigenvalue weighted by atomic mass is 10.2. The van der Waals surface area contributed by atoms with Crippen molar-refractivity contribution in [3.05, 3.63) is 65.7 Å². The number of amides is 2. The molecule has 0 aliphatic carbocycles. The predicted molar refractivity (Wildman–Crippen MR) is 111 cm³/mol. The fourth-order valence-corrected chi connectivity index (χ4v) is 4.02. The van der Waals surface area contributed by atoms with E-state index in [2.05, 4.69) is 15.5 Å². The number of nitrogens with zero attached hydrogens (tertiary/aromatic N) is 3. The normalized spacial score (nSPS) is 13.7. The molecule has 3 aromatic rings. The minimum Gasteiger partial charge on any atom is -0.361 e. The average Bonchev–Trinajstić information content (AvgIpc) is 3.35. The Morgan fingerprint density at radius 2 is 2.10 bits per heavy atom. The second-order valence-electron chi connectivity index (χ2n) is 6.72. The van der Waals surface area contributed by atoms with Gasteiger partial charge in [-0.1, -0.05) is 16.9 Å². The fraction of sp³-hybridized carbons (Fsp3) is 0.238. The molecule has 1 saturated heterocycles. The standard InChI is InChI=1S/C21H20N4O3S/c1-14-12-16(24-28-14)13-29-21-18(4-2-10-22-21)20(27)23-15-6-8-17(9-7-15)25-11-3-5-19(25)26/h2,4,6-10,12H,3,5,11,13H2,1H3,(H,23,27). The van der Waals surface area contributed by atoms with E-state index in [0.29, 0.717) is 28.5 Å². The summed E-state index contributed by atoms with van der Waals surface area (Å²) in [5.74, 6) is 1.22. The van der Waals surface area contributed by atoms with Gasteiger partial charge in [0.1, 0.15) is 10.8 Å². The molecule has 4 rings (SSSR count). The van der Waals surface area contributed by atoms with Crippen LogP contribution in [0.1, 0.15) is 34.7 Å². The first kappa shape index (κ1) is 19.2. The highest BCUT2D eigenvalue weighted by molar-refractivity contribution is 7.98. The molecule has 0 atom stereocenters. The van der Waals surface area contributed by atoms with Gasteiger partial charge in [-0.15, -0.1) is 0 Å². The van der Waals surface area contributed by atoms with Crippen LogP contribution in [-0.4, -0.2) is 28.5 Å². The van der Waals surface area contributed by atoms with Gasteiger partial charge in [-0.25, -0.2) is 4.98 Å². The van der Waals surface area contributed by atoms with Crippen LogP contribution < -0.4 is 10.2 Å². The Bertz CT molecular complexity index is 1030. The van der Waals surface area contributed by atoms with Crippen LogP contribution >= 0.6 is 11.8 Å². The van der Waals surface area contributed by atoms with Gasteiger partial charge in [0.05, 0.1) is 11.3 Å². The van der Waals surface area contributed by atoms with Crippen molar-refractivity contribution in [3.63, 3.8) is 0 Å². The smallest absolute Gasteiger partial charge is 0.258 e. The molecule has 8 heteroatoms. The van der Waals surface area contributed by atoms with E-state index in [4.69, 9.17) is 4.52 Å². The topological polar surface area (TPSA) is 88.3 Å². The molecule has 3 heterocycles. The van der Waals surface area contributed by atoms with Gasteiger partial charge < -0.3 is 14.7 Å². The zero-order valence-corrected chi connectivity index (χ0v) is 16.7. The van der Waals surface area contributed by atoms with Crippen molar-refractivity contribution in [1.82, 2.24) is 10.1 Å². The molecule has 2 aromatic heterocycles. The van der Waals surface area contributed by atoms with E-state index in [1.807, 2.05) is 25.1 Å². The number of benzene rings is 1. The maximum absolute atomic E-state index is 12.8. The van der Waals surface area contributed by atoms with Gasteiger partial charge in [0, 0.05) is 42.4 Å². The number of pyridine rings is 1. The number of thioether (sulfide) groups is 1. The van der Waals surface area contributed by atoms with Crippen LogP contribution in [0, 0.1) is 6.92 Å². The monoisotopic (exact) mass is 408 g/mol. The average molecular weight is 408 g/mol. The first-order valence-electron chi connectivity index (χ1n) is 9.32. The molecule has 1 aliphatic heterocycles. The molecule has 0 radical (unpaired) electrons. The number of nitrogens with one attached hydrogen (secondary N) is 1. The number of hydrogen-bond acceptors (Lipinski definition) is 6. The number of hydrogen-bond donors (Lipinski definition) is 1. The maximum Gasteiger partial charge on any atom is 0.258 e. The van der Waals surface area contributed by atoms with E-state index in [9.17, 15) is 9.59 Å². The summed E-state index contributed by atoms with van der Waals surface area (Å²) < 4.78 is 5.08. The van der Waals surface area contributed by atoms with Crippen molar-refractivity contribution in [2.75, 3.05) is 16.8 Å². The van der Waals surface area contributed by atoms with Crippen molar-refractivity contribution in [3.8, 4) is 0 Å². The van der Waals surface area contributed by atoms with Crippen LogP contribution in [0.4, 0.5) is 11.4 Å². The van der Waals surface area contributed by atoms with Crippen LogP contribution in [0.15, 0.2) is 58.2 Å². The molecule has 2 amide bonds. The summed E-state index contributed by atoms with van der Waals surface area (Å²) in [6, 6.07) is 12.7. The highest BCUT2D eigenvalue weighted by atomic mass is 32.2. The van der Waals surface area contributed by atoms with Crippen LogP contribution in [0.3, 0.4) is 0 Å². The molecule has 1 aromatic carbocycles. The molecule has 1 aliphatic rings. The first-order chi connectivity index (χ1) is 14.1. The maximum atomic E-state index is 12.8. The van der Waals surface area contributed by atoms with Gasteiger partial charge in [-0.2, -0.15) is 0 Å². The molecule has 0 spiro atoms. The summed E-state index contributed by atoms with van der Waals surface area (Å²) >= 11 is 1.43. The Labute approximate surface area is 172 Å². The zero-order valence-electron chi connectivity index (χ0n) is 15.9. The number of aryl methyl sites for hydroxylation is 1. The quantitative estimate of drug-likeness (QED) is 0.619. The van der Waals surface area contributed by atoms with Crippen LogP contribution in [0.25, 0.3) is 0 Å². The van der Waals surface area contributed by atoms with E-state index < -0.39 is 0 Å². The zero-order chi connectivity index (χ0) is 20.2. The molecule has 0 saturated carbocycles. The molecule has 1 N–H and O–H groups in total. The minimum absolute atomic E-state index is 0.140. The predicted octanol–water partition coefficient (Wildman–Crippen LogP) is 4.05. The summed E-state index contributed by atoms with van der Waals surface area (Å²) in [6.07, 6.45) is 3.13. The molecule has 0 unspecified atom stereocenters. The SMILES string of the molecule is Cc1cc(CSc2ncccc2C(=O)Nc2ccc(N3CCCC3=O)cc2)no1. The van der Waals surface area contributed by atoms with Gasteiger partial charge in [-0.3, -0.25) is 9.59 Å². The molecule has 29 heavy (non-hydrogen) atoms. The van der Waals surface area contributed by atoms with Crippen molar-refractivity contribution in [2.45, 2.75) is 30.5 Å². The molecule has 0 bridgehead atoms. The molecule has 1 fully saturated rings. The van der Waals surface area contributed by atoms with Crippen LogP contribution in [0.5, 0.6) is 0 Å². The number of aromatic nitrogens is 2. The fourth-order valence-electron chi connectivity index (χ4n) is 3.15. The van der Waals surface area contributed by atoms with E-state index in [1.165, 1.54) is 11.8 Å². The van der Waals surface area contributed by atoms with Gasteiger partial charge in [0.2, 0.25) is 5.91 Å². The van der Waals surface area contributed by atoms with Crippen molar-refractivity contribution in [2.24, 2.45) is 0 Å². The van der Waals surface area contributed by atoms with E-state index in [0.717, 1.165) is 30.1 Å². The Morgan fingerprint density at radius 1 is 1.28 bits per heavy atom. The second-order valence-corrected chi connectivity index (χ2v) is 7.69. The Kier molecular flexibility index (Phi) is 5.62. The number of anilines is 2. The number of carbonyl (C=O) groups excluding carboxylic acids is 2. The summed E-state index contributed by atoms with van der Waals surface area (Å²) in [5, 5.41) is 7.50. The largest absolute Gasteiger partial charge is 0.361 e. The van der Waals surface area contributed by atoms with Crippen molar-refractivity contribution in [1.29, 1.82) is 0 Å². The van der Waals surface area contributed by atoms with Crippen LogP contribution in [-0.2, 0) is 10.5 Å². The lowest BCUT2D eigenvalue weighted by molar-refractivity contribution is -0.117. The first-order valence-corrected chi connectivity index (χ1v) is 10.3. The molecule has 148 valence electrons. The summed E-state index contributed by atoms with van der Waals surface area (Å²) in [4.78, 5) is 30.8. The summed E-state index contributed by atoms with van der Waals surface area (Å²) in [6.45, 7) is 2.58. The van der Waals surface area contributed by atoms with E-state index >= 15 is 0 Å². The molecule has 7 nitrogen and oxygen atoms in total. The molecular weight excluding hydrogens is 388 g/mol. The van der Waals surface area contributed by atoms with Crippen LogP contribution in [0.2, 0.25) is 0 Å². The minimum atomic E-state index is -0.234. The van der Waals surface area contributed by atoms with Crippen molar-refractivity contribution < 1.29 is 14.1 Å². The lowest BCUT2D eigenvalue weighted by Crippen LogP contribution is -2.23. The third kappa shape index (κ3) is 4.48.